The molecule has 1 aromatic carbocycles. The number of aliphatic hydroxyl groups is 1. The highest BCUT2D eigenvalue weighted by molar-refractivity contribution is 7.17. The van der Waals surface area contributed by atoms with Gasteiger partial charge in [0.25, 0.3) is 5.56 Å². The van der Waals surface area contributed by atoms with Gasteiger partial charge in [-0.2, -0.15) is 0 Å². The van der Waals surface area contributed by atoms with Crippen molar-refractivity contribution in [3.05, 3.63) is 64.3 Å². The Morgan fingerprint density at radius 1 is 1.37 bits per heavy atom. The summed E-state index contributed by atoms with van der Waals surface area (Å²) >= 11 is 1.31. The lowest BCUT2D eigenvalue weighted by molar-refractivity contribution is 0.0368. The predicted molar refractivity (Wildman–Crippen MR) is 107 cm³/mol. The number of aromatic nitrogens is 2. The third-order valence-electron chi connectivity index (χ3n) is 4.03. The van der Waals surface area contributed by atoms with Gasteiger partial charge >= 0.3 is 0 Å². The average Bonchev–Trinajstić information content (AvgIpc) is 2.98. The van der Waals surface area contributed by atoms with Crippen LogP contribution >= 0.6 is 11.3 Å². The second kappa shape index (κ2) is 7.72. The number of hydrogen-bond acceptors (Lipinski definition) is 5. The van der Waals surface area contributed by atoms with Gasteiger partial charge in [-0.3, -0.25) is 9.69 Å². The summed E-state index contributed by atoms with van der Waals surface area (Å²) in [5.74, 6) is 0.128. The van der Waals surface area contributed by atoms with Gasteiger partial charge in [-0.15, -0.1) is 17.9 Å². The number of aromatic amines is 1. The van der Waals surface area contributed by atoms with Gasteiger partial charge in [-0.1, -0.05) is 24.3 Å². The van der Waals surface area contributed by atoms with Crippen LogP contribution in [0.25, 0.3) is 21.3 Å². The number of H-pyrrole nitrogens is 1. The Morgan fingerprint density at radius 3 is 2.78 bits per heavy atom. The summed E-state index contributed by atoms with van der Waals surface area (Å²) in [6.07, 6.45) is 1.74. The standard InChI is InChI=1S/C20H22FN3O2S/c1-4-9-24(12-20(2,3)26)10-16-22-18(25)17-14(11-27-19(17)23-16)13-7-5-6-8-15(13)21/h4-8,11,26H,1,9-10,12H2,2-3H3,(H,22,23,25). The molecule has 3 rings (SSSR count). The third-order valence-corrected chi connectivity index (χ3v) is 4.90. The molecule has 0 saturated heterocycles. The summed E-state index contributed by atoms with van der Waals surface area (Å²) in [4.78, 5) is 22.5. The van der Waals surface area contributed by atoms with E-state index in [4.69, 9.17) is 0 Å². The quantitative estimate of drug-likeness (QED) is 0.609. The molecule has 2 aromatic heterocycles. The number of nitrogens with zero attached hydrogens (tertiary/aromatic N) is 2. The molecule has 0 aliphatic heterocycles. The van der Waals surface area contributed by atoms with Crippen molar-refractivity contribution in [3.63, 3.8) is 0 Å². The largest absolute Gasteiger partial charge is 0.389 e. The van der Waals surface area contributed by atoms with Crippen molar-refractivity contribution in [1.82, 2.24) is 14.9 Å². The zero-order chi connectivity index (χ0) is 19.6. The van der Waals surface area contributed by atoms with Crippen molar-refractivity contribution < 1.29 is 9.50 Å². The Morgan fingerprint density at radius 2 is 2.11 bits per heavy atom. The predicted octanol–water partition coefficient (Wildman–Crippen LogP) is 3.55. The van der Waals surface area contributed by atoms with Gasteiger partial charge in [0.15, 0.2) is 0 Å². The van der Waals surface area contributed by atoms with Crippen LogP contribution in [0.15, 0.2) is 47.1 Å². The fourth-order valence-corrected chi connectivity index (χ4v) is 4.03. The number of nitrogens with one attached hydrogen (secondary N) is 1. The topological polar surface area (TPSA) is 69.2 Å². The number of rotatable bonds is 7. The van der Waals surface area contributed by atoms with Crippen molar-refractivity contribution in [3.8, 4) is 11.1 Å². The lowest BCUT2D eigenvalue weighted by Crippen LogP contribution is -2.39. The molecule has 142 valence electrons. The molecule has 0 saturated carbocycles. The maximum atomic E-state index is 14.1. The highest BCUT2D eigenvalue weighted by atomic mass is 32.1. The van der Waals surface area contributed by atoms with Crippen LogP contribution in [0, 0.1) is 5.82 Å². The highest BCUT2D eigenvalue weighted by Gasteiger charge is 2.20. The molecule has 0 aliphatic rings. The number of benzene rings is 1. The molecule has 3 aromatic rings. The molecule has 5 nitrogen and oxygen atoms in total. The van der Waals surface area contributed by atoms with Gasteiger partial charge in [-0.05, 0) is 19.9 Å². The van der Waals surface area contributed by atoms with Gasteiger partial charge in [-0.25, -0.2) is 9.37 Å². The third kappa shape index (κ3) is 4.50. The van der Waals surface area contributed by atoms with Crippen LogP contribution in [0.4, 0.5) is 4.39 Å². The van der Waals surface area contributed by atoms with Crippen LogP contribution in [0.5, 0.6) is 0 Å². The zero-order valence-corrected chi connectivity index (χ0v) is 16.1. The van der Waals surface area contributed by atoms with Gasteiger partial charge in [0.2, 0.25) is 0 Å². The van der Waals surface area contributed by atoms with Gasteiger partial charge < -0.3 is 10.1 Å². The highest BCUT2D eigenvalue weighted by Crippen LogP contribution is 2.32. The fourth-order valence-electron chi connectivity index (χ4n) is 3.07. The normalized spacial score (nSPS) is 12.0. The van der Waals surface area contributed by atoms with Crippen LogP contribution in [0.3, 0.4) is 0 Å². The van der Waals surface area contributed by atoms with E-state index in [2.05, 4.69) is 16.5 Å². The molecular formula is C20H22FN3O2S. The average molecular weight is 387 g/mol. The lowest BCUT2D eigenvalue weighted by Gasteiger charge is -2.27. The Kier molecular flexibility index (Phi) is 5.55. The molecule has 0 radical (unpaired) electrons. The number of hydrogen-bond donors (Lipinski definition) is 2. The molecule has 0 bridgehead atoms. The summed E-state index contributed by atoms with van der Waals surface area (Å²) in [6, 6.07) is 6.38. The van der Waals surface area contributed by atoms with Gasteiger partial charge in [0.05, 0.1) is 17.5 Å². The Bertz CT molecular complexity index is 1020. The van der Waals surface area contributed by atoms with Crippen molar-refractivity contribution in [1.29, 1.82) is 0 Å². The molecule has 0 spiro atoms. The summed E-state index contributed by atoms with van der Waals surface area (Å²) in [6.45, 7) is 8.51. The second-order valence-electron chi connectivity index (χ2n) is 7.09. The maximum absolute atomic E-state index is 14.1. The van der Waals surface area contributed by atoms with E-state index >= 15 is 0 Å². The molecule has 0 amide bonds. The van der Waals surface area contributed by atoms with E-state index in [0.29, 0.717) is 46.8 Å². The van der Waals surface area contributed by atoms with Gasteiger partial charge in [0.1, 0.15) is 16.5 Å². The first-order chi connectivity index (χ1) is 12.8. The van der Waals surface area contributed by atoms with Crippen molar-refractivity contribution >= 4 is 21.6 Å². The van der Waals surface area contributed by atoms with E-state index in [1.54, 1.807) is 43.5 Å². The maximum Gasteiger partial charge on any atom is 0.260 e. The minimum atomic E-state index is -0.881. The molecule has 0 atom stereocenters. The van der Waals surface area contributed by atoms with E-state index < -0.39 is 5.60 Å². The van der Waals surface area contributed by atoms with Crippen LogP contribution in [0.1, 0.15) is 19.7 Å². The van der Waals surface area contributed by atoms with E-state index in [0.717, 1.165) is 0 Å². The van der Waals surface area contributed by atoms with Crippen LogP contribution in [0.2, 0.25) is 0 Å². The molecule has 0 fully saturated rings. The second-order valence-corrected chi connectivity index (χ2v) is 7.95. The van der Waals surface area contributed by atoms with Crippen molar-refractivity contribution in [2.45, 2.75) is 26.0 Å². The van der Waals surface area contributed by atoms with Crippen LogP contribution < -0.4 is 5.56 Å². The smallest absolute Gasteiger partial charge is 0.260 e. The summed E-state index contributed by atoms with van der Waals surface area (Å²) < 4.78 is 14.1. The Hall–Kier alpha value is -2.35. The first kappa shape index (κ1) is 19.4. The number of thiophene rings is 1. The summed E-state index contributed by atoms with van der Waals surface area (Å²) in [5.41, 5.74) is -0.239. The van der Waals surface area contributed by atoms with E-state index in [1.165, 1.54) is 17.4 Å². The molecule has 7 heteroatoms. The van der Waals surface area contributed by atoms with Crippen LogP contribution in [-0.4, -0.2) is 38.7 Å². The first-order valence-corrected chi connectivity index (χ1v) is 9.47. The zero-order valence-electron chi connectivity index (χ0n) is 15.3. The molecular weight excluding hydrogens is 365 g/mol. The fraction of sp³-hybridized carbons (Fsp3) is 0.300. The number of fused-ring (bicyclic) bond motifs is 1. The number of halogens is 1. The molecule has 0 unspecified atom stereocenters. The minimum Gasteiger partial charge on any atom is -0.389 e. The molecule has 2 heterocycles. The Balaban J connectivity index is 1.98. The van der Waals surface area contributed by atoms with Crippen molar-refractivity contribution in [2.75, 3.05) is 13.1 Å². The van der Waals surface area contributed by atoms with Crippen LogP contribution in [-0.2, 0) is 6.54 Å². The molecule has 2 N–H and O–H groups in total. The summed E-state index contributed by atoms with van der Waals surface area (Å²) in [5, 5.41) is 12.2. The van der Waals surface area contributed by atoms with E-state index in [1.807, 2.05) is 4.90 Å². The van der Waals surface area contributed by atoms with E-state index in [-0.39, 0.29) is 11.4 Å². The molecule has 0 aliphatic carbocycles. The monoisotopic (exact) mass is 387 g/mol. The minimum absolute atomic E-state index is 0.295. The lowest BCUT2D eigenvalue weighted by atomic mass is 10.1. The van der Waals surface area contributed by atoms with Gasteiger partial charge in [0, 0.05) is 29.6 Å². The Labute approximate surface area is 160 Å². The van der Waals surface area contributed by atoms with Crippen molar-refractivity contribution in [2.24, 2.45) is 0 Å². The molecule has 27 heavy (non-hydrogen) atoms. The summed E-state index contributed by atoms with van der Waals surface area (Å²) in [7, 11) is 0. The SMILES string of the molecule is C=CCN(Cc1nc2scc(-c3ccccc3F)c2c(=O)[nH]1)CC(C)(C)O. The van der Waals surface area contributed by atoms with E-state index in [9.17, 15) is 14.3 Å². The first-order valence-electron chi connectivity index (χ1n) is 8.59.